The van der Waals surface area contributed by atoms with E-state index in [1.807, 2.05) is 11.8 Å². The van der Waals surface area contributed by atoms with E-state index in [0.717, 1.165) is 18.4 Å². The zero-order chi connectivity index (χ0) is 9.84. The molecule has 1 fully saturated rings. The molecule has 0 aromatic carbocycles. The van der Waals surface area contributed by atoms with Gasteiger partial charge in [-0.2, -0.15) is 11.8 Å². The fraction of sp³-hybridized carbons (Fsp3) is 1.00. The summed E-state index contributed by atoms with van der Waals surface area (Å²) in [5.41, 5.74) is 0. The van der Waals surface area contributed by atoms with Crippen LogP contribution in [0.2, 0.25) is 0 Å². The van der Waals surface area contributed by atoms with Gasteiger partial charge in [-0.25, -0.2) is 0 Å². The Balaban J connectivity index is 2.47. The van der Waals surface area contributed by atoms with Crippen molar-refractivity contribution in [3.8, 4) is 0 Å². The molecule has 0 aromatic heterocycles. The summed E-state index contributed by atoms with van der Waals surface area (Å²) >= 11 is 1.96. The van der Waals surface area contributed by atoms with Gasteiger partial charge in [-0.1, -0.05) is 20.8 Å². The van der Waals surface area contributed by atoms with Crippen LogP contribution in [0.5, 0.6) is 0 Å². The van der Waals surface area contributed by atoms with E-state index in [9.17, 15) is 0 Å². The molecule has 0 spiro atoms. The Morgan fingerprint density at radius 3 is 2.54 bits per heavy atom. The van der Waals surface area contributed by atoms with Crippen LogP contribution >= 0.6 is 11.8 Å². The highest BCUT2D eigenvalue weighted by atomic mass is 32.2. The molecule has 1 heterocycles. The van der Waals surface area contributed by atoms with E-state index in [1.54, 1.807) is 0 Å². The van der Waals surface area contributed by atoms with Crippen molar-refractivity contribution in [1.29, 1.82) is 0 Å². The number of thioether (sulfide) groups is 1. The van der Waals surface area contributed by atoms with Crippen molar-refractivity contribution in [2.75, 3.05) is 12.9 Å². The molecule has 2 heteroatoms. The molecule has 0 aromatic rings. The fourth-order valence-corrected chi connectivity index (χ4v) is 3.12. The zero-order valence-corrected chi connectivity index (χ0v) is 10.1. The molecule has 1 nitrogen and oxygen atoms in total. The molecule has 0 radical (unpaired) electrons. The monoisotopic (exact) mass is 202 g/mol. The van der Waals surface area contributed by atoms with Gasteiger partial charge in [0.15, 0.2) is 0 Å². The molecule has 0 amide bonds. The van der Waals surface area contributed by atoms with E-state index in [2.05, 4.69) is 27.0 Å². The highest BCUT2D eigenvalue weighted by Gasteiger charge is 2.28. The molecular weight excluding hydrogens is 180 g/mol. The Bertz CT molecular complexity index is 147. The lowest BCUT2D eigenvalue weighted by molar-refractivity contribution is -0.0114. The van der Waals surface area contributed by atoms with Crippen molar-refractivity contribution < 1.29 is 4.74 Å². The predicted octanol–water partition coefficient (Wildman–Crippen LogP) is 3.19. The van der Waals surface area contributed by atoms with E-state index in [4.69, 9.17) is 4.74 Å². The molecular formula is C11H22OS. The molecule has 0 aliphatic carbocycles. The smallest absolute Gasteiger partial charge is 0.0698 e. The van der Waals surface area contributed by atoms with Crippen LogP contribution in [0.15, 0.2) is 0 Å². The Kier molecular flexibility index (Phi) is 4.60. The SMILES string of the molecule is CSC(C(C)C)C1CC(C)CCO1. The average Bonchev–Trinajstić information content (AvgIpc) is 2.04. The summed E-state index contributed by atoms with van der Waals surface area (Å²) in [5, 5.41) is 0.683. The maximum absolute atomic E-state index is 5.84. The van der Waals surface area contributed by atoms with Crippen molar-refractivity contribution in [2.45, 2.75) is 45.0 Å². The minimum absolute atomic E-state index is 0.499. The van der Waals surface area contributed by atoms with Crippen molar-refractivity contribution in [3.63, 3.8) is 0 Å². The first-order valence-electron chi connectivity index (χ1n) is 5.29. The van der Waals surface area contributed by atoms with Crippen molar-refractivity contribution in [3.05, 3.63) is 0 Å². The third kappa shape index (κ3) is 3.17. The van der Waals surface area contributed by atoms with Crippen molar-refractivity contribution in [2.24, 2.45) is 11.8 Å². The van der Waals surface area contributed by atoms with Gasteiger partial charge in [-0.05, 0) is 30.9 Å². The van der Waals surface area contributed by atoms with E-state index in [1.165, 1.54) is 12.8 Å². The van der Waals surface area contributed by atoms with Crippen LogP contribution in [0.1, 0.15) is 33.6 Å². The normalized spacial score (nSPS) is 32.1. The summed E-state index contributed by atoms with van der Waals surface area (Å²) in [4.78, 5) is 0. The molecule has 0 saturated carbocycles. The first-order valence-corrected chi connectivity index (χ1v) is 6.58. The molecule has 1 aliphatic rings. The van der Waals surface area contributed by atoms with E-state index >= 15 is 0 Å². The van der Waals surface area contributed by atoms with Gasteiger partial charge in [0.1, 0.15) is 0 Å². The van der Waals surface area contributed by atoms with Gasteiger partial charge < -0.3 is 4.74 Å². The molecule has 0 bridgehead atoms. The Morgan fingerprint density at radius 1 is 1.38 bits per heavy atom. The molecule has 3 unspecified atom stereocenters. The Morgan fingerprint density at radius 2 is 2.08 bits per heavy atom. The minimum atomic E-state index is 0.499. The van der Waals surface area contributed by atoms with Gasteiger partial charge >= 0.3 is 0 Å². The fourth-order valence-electron chi connectivity index (χ4n) is 2.09. The summed E-state index contributed by atoms with van der Waals surface area (Å²) in [6, 6.07) is 0. The Labute approximate surface area is 86.6 Å². The average molecular weight is 202 g/mol. The molecule has 78 valence electrons. The van der Waals surface area contributed by atoms with Crippen molar-refractivity contribution >= 4 is 11.8 Å². The van der Waals surface area contributed by atoms with Crippen LogP contribution in [-0.2, 0) is 4.74 Å². The van der Waals surface area contributed by atoms with Crippen LogP contribution in [0.25, 0.3) is 0 Å². The molecule has 1 aliphatic heterocycles. The highest BCUT2D eigenvalue weighted by molar-refractivity contribution is 7.99. The second kappa shape index (κ2) is 5.26. The maximum Gasteiger partial charge on any atom is 0.0698 e. The van der Waals surface area contributed by atoms with E-state index in [0.29, 0.717) is 11.4 Å². The highest BCUT2D eigenvalue weighted by Crippen LogP contribution is 2.30. The van der Waals surface area contributed by atoms with Crippen molar-refractivity contribution in [1.82, 2.24) is 0 Å². The number of hydrogen-bond acceptors (Lipinski definition) is 2. The Hall–Kier alpha value is 0.310. The van der Waals surface area contributed by atoms with Crippen LogP contribution in [0.4, 0.5) is 0 Å². The summed E-state index contributed by atoms with van der Waals surface area (Å²) < 4.78 is 5.84. The molecule has 0 N–H and O–H groups in total. The molecule has 13 heavy (non-hydrogen) atoms. The van der Waals surface area contributed by atoms with Gasteiger partial charge in [0, 0.05) is 11.9 Å². The van der Waals surface area contributed by atoms with Crippen LogP contribution in [0.3, 0.4) is 0 Å². The third-order valence-corrected chi connectivity index (χ3v) is 4.27. The second-order valence-corrected chi connectivity index (χ2v) is 5.50. The summed E-state index contributed by atoms with van der Waals surface area (Å²) in [5.74, 6) is 1.58. The first kappa shape index (κ1) is 11.4. The number of rotatable bonds is 3. The van der Waals surface area contributed by atoms with Gasteiger partial charge in [-0.15, -0.1) is 0 Å². The lowest BCUT2D eigenvalue weighted by atomic mass is 9.92. The zero-order valence-electron chi connectivity index (χ0n) is 9.25. The van der Waals surface area contributed by atoms with Gasteiger partial charge in [0.25, 0.3) is 0 Å². The third-order valence-electron chi connectivity index (χ3n) is 2.87. The predicted molar refractivity (Wildman–Crippen MR) is 60.3 cm³/mol. The van der Waals surface area contributed by atoms with Crippen LogP contribution < -0.4 is 0 Å². The lowest BCUT2D eigenvalue weighted by Crippen LogP contribution is -2.36. The summed E-state index contributed by atoms with van der Waals surface area (Å²) in [6.45, 7) is 7.90. The topological polar surface area (TPSA) is 9.23 Å². The molecule has 1 saturated heterocycles. The maximum atomic E-state index is 5.84. The second-order valence-electron chi connectivity index (χ2n) is 4.48. The number of ether oxygens (including phenoxy) is 1. The van der Waals surface area contributed by atoms with E-state index in [-0.39, 0.29) is 0 Å². The van der Waals surface area contributed by atoms with Gasteiger partial charge in [-0.3, -0.25) is 0 Å². The first-order chi connectivity index (χ1) is 6.15. The summed E-state index contributed by atoms with van der Waals surface area (Å²) in [7, 11) is 0. The van der Waals surface area contributed by atoms with Crippen LogP contribution in [0, 0.1) is 11.8 Å². The molecule has 3 atom stereocenters. The largest absolute Gasteiger partial charge is 0.377 e. The standard InChI is InChI=1S/C11H22OS/c1-8(2)11(13-4)10-7-9(3)5-6-12-10/h8-11H,5-7H2,1-4H3. The van der Waals surface area contributed by atoms with Crippen LogP contribution in [-0.4, -0.2) is 24.2 Å². The summed E-state index contributed by atoms with van der Waals surface area (Å²) in [6.07, 6.45) is 5.20. The lowest BCUT2D eigenvalue weighted by Gasteiger charge is -2.34. The quantitative estimate of drug-likeness (QED) is 0.695. The number of hydrogen-bond donors (Lipinski definition) is 0. The van der Waals surface area contributed by atoms with Gasteiger partial charge in [0.2, 0.25) is 0 Å². The molecule has 1 rings (SSSR count). The van der Waals surface area contributed by atoms with Gasteiger partial charge in [0.05, 0.1) is 6.10 Å². The minimum Gasteiger partial charge on any atom is -0.377 e. The van der Waals surface area contributed by atoms with E-state index < -0.39 is 0 Å².